The molecule has 1 aromatic heterocycles. The van der Waals surface area contributed by atoms with Crippen molar-refractivity contribution in [2.75, 3.05) is 43.2 Å². The molecule has 10 heteroatoms. The van der Waals surface area contributed by atoms with Gasteiger partial charge < -0.3 is 10.2 Å². The highest BCUT2D eigenvalue weighted by molar-refractivity contribution is 7.99. The summed E-state index contributed by atoms with van der Waals surface area (Å²) < 4.78 is 27.0. The molecule has 0 bridgehead atoms. The van der Waals surface area contributed by atoms with Crippen LogP contribution in [0.2, 0.25) is 0 Å². The standard InChI is InChI=1S/C18H25N5O3S2/c1-5-23(6-2)28(25,26)14-8-9-16(22(3)4)15(12-14)21-17(24)13-27-18-19-10-7-11-20-18/h7-12H,5-6,13H2,1-4H3,(H,21,24). The van der Waals surface area contributed by atoms with Crippen molar-refractivity contribution < 1.29 is 13.2 Å². The van der Waals surface area contributed by atoms with E-state index in [4.69, 9.17) is 0 Å². The van der Waals surface area contributed by atoms with E-state index in [1.807, 2.05) is 19.0 Å². The predicted octanol–water partition coefficient (Wildman–Crippen LogP) is 2.30. The predicted molar refractivity (Wildman–Crippen MR) is 112 cm³/mol. The molecule has 0 unspecified atom stereocenters. The van der Waals surface area contributed by atoms with Crippen molar-refractivity contribution in [3.8, 4) is 0 Å². The normalized spacial score (nSPS) is 11.5. The molecular formula is C18H25N5O3S2. The molecular weight excluding hydrogens is 398 g/mol. The number of carbonyl (C=O) groups excluding carboxylic acids is 1. The Morgan fingerprint density at radius 1 is 1.14 bits per heavy atom. The lowest BCUT2D eigenvalue weighted by Gasteiger charge is -2.22. The van der Waals surface area contributed by atoms with Gasteiger partial charge in [-0.25, -0.2) is 18.4 Å². The van der Waals surface area contributed by atoms with Crippen LogP contribution in [-0.2, 0) is 14.8 Å². The molecule has 152 valence electrons. The quantitative estimate of drug-likeness (QED) is 0.488. The largest absolute Gasteiger partial charge is 0.376 e. The maximum absolute atomic E-state index is 12.8. The van der Waals surface area contributed by atoms with E-state index >= 15 is 0 Å². The lowest BCUT2D eigenvalue weighted by molar-refractivity contribution is -0.113. The Hall–Kier alpha value is -2.17. The fourth-order valence-corrected chi connectivity index (χ4v) is 4.64. The first-order valence-electron chi connectivity index (χ1n) is 8.80. The number of nitrogens with zero attached hydrogens (tertiary/aromatic N) is 4. The number of amides is 1. The van der Waals surface area contributed by atoms with Crippen molar-refractivity contribution in [2.24, 2.45) is 0 Å². The van der Waals surface area contributed by atoms with Gasteiger partial charge in [-0.3, -0.25) is 4.79 Å². The maximum atomic E-state index is 12.8. The molecule has 2 rings (SSSR count). The lowest BCUT2D eigenvalue weighted by Crippen LogP contribution is -2.30. The third kappa shape index (κ3) is 5.43. The van der Waals surface area contributed by atoms with Crippen molar-refractivity contribution in [3.05, 3.63) is 36.7 Å². The number of anilines is 2. The van der Waals surface area contributed by atoms with Gasteiger partial charge in [0.25, 0.3) is 0 Å². The van der Waals surface area contributed by atoms with E-state index in [1.54, 1.807) is 44.4 Å². The fourth-order valence-electron chi connectivity index (χ4n) is 2.55. The Bertz CT molecular complexity index is 901. The van der Waals surface area contributed by atoms with Gasteiger partial charge in [0.1, 0.15) is 0 Å². The topological polar surface area (TPSA) is 95.5 Å². The van der Waals surface area contributed by atoms with Crippen LogP contribution in [0.1, 0.15) is 13.8 Å². The molecule has 0 spiro atoms. The van der Waals surface area contributed by atoms with Crippen LogP contribution in [0.5, 0.6) is 0 Å². The Kier molecular flexibility index (Phi) is 7.78. The number of hydrogen-bond acceptors (Lipinski definition) is 7. The van der Waals surface area contributed by atoms with E-state index in [9.17, 15) is 13.2 Å². The number of thioether (sulfide) groups is 1. The number of benzene rings is 1. The van der Waals surface area contributed by atoms with Crippen LogP contribution in [0.4, 0.5) is 11.4 Å². The molecule has 1 heterocycles. The average molecular weight is 424 g/mol. The minimum Gasteiger partial charge on any atom is -0.376 e. The van der Waals surface area contributed by atoms with E-state index in [-0.39, 0.29) is 16.6 Å². The summed E-state index contributed by atoms with van der Waals surface area (Å²) in [6.07, 6.45) is 3.22. The molecule has 1 aromatic carbocycles. The van der Waals surface area contributed by atoms with Gasteiger partial charge in [0, 0.05) is 39.6 Å². The van der Waals surface area contributed by atoms with E-state index < -0.39 is 10.0 Å². The summed E-state index contributed by atoms with van der Waals surface area (Å²) in [7, 11) is 0.0400. The Balaban J connectivity index is 2.24. The van der Waals surface area contributed by atoms with Gasteiger partial charge in [-0.2, -0.15) is 4.31 Å². The highest BCUT2D eigenvalue weighted by Crippen LogP contribution is 2.29. The van der Waals surface area contributed by atoms with Crippen molar-refractivity contribution in [3.63, 3.8) is 0 Å². The third-order valence-electron chi connectivity index (χ3n) is 3.94. The van der Waals surface area contributed by atoms with Crippen molar-refractivity contribution in [1.29, 1.82) is 0 Å². The van der Waals surface area contributed by atoms with E-state index in [1.165, 1.54) is 22.1 Å². The second-order valence-corrected chi connectivity index (χ2v) is 8.91. The lowest BCUT2D eigenvalue weighted by atomic mass is 10.2. The minimum absolute atomic E-state index is 0.115. The molecule has 8 nitrogen and oxygen atoms in total. The maximum Gasteiger partial charge on any atom is 0.243 e. The van der Waals surface area contributed by atoms with Crippen molar-refractivity contribution >= 4 is 39.1 Å². The molecule has 28 heavy (non-hydrogen) atoms. The van der Waals surface area contributed by atoms with E-state index in [0.717, 1.165) is 0 Å². The molecule has 0 aliphatic rings. The molecule has 0 aliphatic heterocycles. The van der Waals surface area contributed by atoms with Crippen molar-refractivity contribution in [1.82, 2.24) is 14.3 Å². The third-order valence-corrected chi connectivity index (χ3v) is 6.86. The molecule has 0 saturated heterocycles. The number of hydrogen-bond donors (Lipinski definition) is 1. The summed E-state index contributed by atoms with van der Waals surface area (Å²) in [5, 5.41) is 3.31. The highest BCUT2D eigenvalue weighted by atomic mass is 32.2. The number of carbonyl (C=O) groups is 1. The second kappa shape index (κ2) is 9.85. The van der Waals surface area contributed by atoms with Crippen LogP contribution >= 0.6 is 11.8 Å². The van der Waals surface area contributed by atoms with Gasteiger partial charge in [0.05, 0.1) is 22.0 Å². The molecule has 1 amide bonds. The van der Waals surface area contributed by atoms with Gasteiger partial charge in [-0.05, 0) is 24.3 Å². The molecule has 0 fully saturated rings. The summed E-state index contributed by atoms with van der Waals surface area (Å²) >= 11 is 1.21. The van der Waals surface area contributed by atoms with Gasteiger partial charge in [0.15, 0.2) is 5.16 Å². The summed E-state index contributed by atoms with van der Waals surface area (Å²) in [4.78, 5) is 22.5. The monoisotopic (exact) mass is 423 g/mol. The number of sulfonamides is 1. The molecule has 1 N–H and O–H groups in total. The zero-order chi connectivity index (χ0) is 20.7. The molecule has 0 radical (unpaired) electrons. The zero-order valence-electron chi connectivity index (χ0n) is 16.4. The smallest absolute Gasteiger partial charge is 0.243 e. The first kappa shape index (κ1) is 22.1. The summed E-state index contributed by atoms with van der Waals surface area (Å²) in [5.74, 6) is -0.151. The number of rotatable bonds is 9. The second-order valence-electron chi connectivity index (χ2n) is 6.03. The molecule has 0 aliphatic carbocycles. The average Bonchev–Trinajstić information content (AvgIpc) is 2.67. The SMILES string of the molecule is CCN(CC)S(=O)(=O)c1ccc(N(C)C)c(NC(=O)CSc2ncccn2)c1. The minimum atomic E-state index is -3.62. The van der Waals surface area contributed by atoms with Gasteiger partial charge >= 0.3 is 0 Å². The van der Waals surface area contributed by atoms with E-state index in [0.29, 0.717) is 29.6 Å². The molecule has 2 aromatic rings. The molecule has 0 atom stereocenters. The summed E-state index contributed by atoms with van der Waals surface area (Å²) in [5.41, 5.74) is 1.16. The Morgan fingerprint density at radius 3 is 2.36 bits per heavy atom. The summed E-state index contributed by atoms with van der Waals surface area (Å²) in [6.45, 7) is 4.34. The Labute approximate surface area is 170 Å². The van der Waals surface area contributed by atoms with Crippen molar-refractivity contribution in [2.45, 2.75) is 23.9 Å². The summed E-state index contributed by atoms with van der Waals surface area (Å²) in [6, 6.07) is 6.46. The fraction of sp³-hybridized carbons (Fsp3) is 0.389. The van der Waals surface area contributed by atoms with Crippen LogP contribution in [0.25, 0.3) is 0 Å². The van der Waals surface area contributed by atoms with Crippen LogP contribution in [-0.4, -0.2) is 61.5 Å². The number of nitrogens with one attached hydrogen (secondary N) is 1. The van der Waals surface area contributed by atoms with Crippen LogP contribution in [0, 0.1) is 0 Å². The zero-order valence-corrected chi connectivity index (χ0v) is 18.0. The van der Waals surface area contributed by atoms with Crippen LogP contribution in [0.15, 0.2) is 46.7 Å². The van der Waals surface area contributed by atoms with Crippen LogP contribution in [0.3, 0.4) is 0 Å². The highest BCUT2D eigenvalue weighted by Gasteiger charge is 2.23. The van der Waals surface area contributed by atoms with Crippen LogP contribution < -0.4 is 10.2 Å². The first-order chi connectivity index (χ1) is 13.3. The number of aromatic nitrogens is 2. The first-order valence-corrected chi connectivity index (χ1v) is 11.2. The van der Waals surface area contributed by atoms with Gasteiger partial charge in [-0.1, -0.05) is 25.6 Å². The molecule has 0 saturated carbocycles. The van der Waals surface area contributed by atoms with Gasteiger partial charge in [0.2, 0.25) is 15.9 Å². The van der Waals surface area contributed by atoms with E-state index in [2.05, 4.69) is 15.3 Å². The Morgan fingerprint density at radius 2 is 1.79 bits per heavy atom. The van der Waals surface area contributed by atoms with Gasteiger partial charge in [-0.15, -0.1) is 0 Å².